The van der Waals surface area contributed by atoms with Crippen molar-refractivity contribution >= 4 is 43.7 Å². The standard InChI is InChI=1S/C31H21Br2NO/c32-26-14-11-23(12-15-26)30(35)20-13-25-21-29(22-7-3-1-4-8-22)34(28-18-16-27(33)17-19-28)31(25)24-9-5-2-6-10-24/h1-21H/b20-13-. The van der Waals surface area contributed by atoms with Gasteiger partial charge in [-0.2, -0.15) is 0 Å². The van der Waals surface area contributed by atoms with E-state index in [9.17, 15) is 4.79 Å². The molecule has 4 aromatic carbocycles. The molecule has 0 atom stereocenters. The van der Waals surface area contributed by atoms with E-state index in [1.807, 2.05) is 78.9 Å². The number of carbonyl (C=O) groups is 1. The number of halogens is 2. The van der Waals surface area contributed by atoms with E-state index in [0.29, 0.717) is 5.56 Å². The summed E-state index contributed by atoms with van der Waals surface area (Å²) in [4.78, 5) is 12.9. The van der Waals surface area contributed by atoms with Gasteiger partial charge in [0.25, 0.3) is 0 Å². The van der Waals surface area contributed by atoms with Crippen LogP contribution in [0.25, 0.3) is 34.3 Å². The SMILES string of the molecule is O=C(/C=C\c1cc(-c2ccccc2)n(-c2ccc(Br)cc2)c1-c1ccccc1)c1ccc(Br)cc1. The van der Waals surface area contributed by atoms with Gasteiger partial charge in [-0.25, -0.2) is 0 Å². The van der Waals surface area contributed by atoms with E-state index in [2.05, 4.69) is 78.9 Å². The summed E-state index contributed by atoms with van der Waals surface area (Å²) in [5.74, 6) is -0.0332. The van der Waals surface area contributed by atoms with E-state index in [4.69, 9.17) is 0 Å². The maximum atomic E-state index is 12.9. The number of allylic oxidation sites excluding steroid dienone is 1. The van der Waals surface area contributed by atoms with E-state index in [0.717, 1.165) is 42.7 Å². The second-order valence-electron chi connectivity index (χ2n) is 8.08. The topological polar surface area (TPSA) is 22.0 Å². The van der Waals surface area contributed by atoms with E-state index < -0.39 is 0 Å². The first kappa shape index (κ1) is 23.3. The number of nitrogens with zero attached hydrogens (tertiary/aromatic N) is 1. The molecule has 1 heterocycles. The van der Waals surface area contributed by atoms with Gasteiger partial charge < -0.3 is 4.57 Å². The summed E-state index contributed by atoms with van der Waals surface area (Å²) in [7, 11) is 0. The summed E-state index contributed by atoms with van der Waals surface area (Å²) in [6.07, 6.45) is 3.58. The van der Waals surface area contributed by atoms with Gasteiger partial charge in [-0.1, -0.05) is 92.5 Å². The first-order chi connectivity index (χ1) is 17.1. The monoisotopic (exact) mass is 581 g/mol. The van der Waals surface area contributed by atoms with Crippen molar-refractivity contribution in [3.63, 3.8) is 0 Å². The largest absolute Gasteiger partial charge is 0.309 e. The molecule has 5 aromatic rings. The average molecular weight is 583 g/mol. The van der Waals surface area contributed by atoms with Crippen LogP contribution < -0.4 is 0 Å². The van der Waals surface area contributed by atoms with Gasteiger partial charge in [0.15, 0.2) is 5.78 Å². The molecule has 0 saturated carbocycles. The third kappa shape index (κ3) is 5.14. The molecule has 0 spiro atoms. The summed E-state index contributed by atoms with van der Waals surface area (Å²) in [5.41, 5.74) is 6.95. The van der Waals surface area contributed by atoms with Crippen LogP contribution in [0.1, 0.15) is 15.9 Å². The lowest BCUT2D eigenvalue weighted by Gasteiger charge is -2.15. The molecule has 0 aliphatic heterocycles. The van der Waals surface area contributed by atoms with Gasteiger partial charge in [0.1, 0.15) is 0 Å². The van der Waals surface area contributed by atoms with Crippen LogP contribution in [-0.2, 0) is 0 Å². The highest BCUT2D eigenvalue weighted by Crippen LogP contribution is 2.37. The molecule has 0 amide bonds. The van der Waals surface area contributed by atoms with Crippen molar-refractivity contribution in [1.82, 2.24) is 4.57 Å². The second kappa shape index (κ2) is 10.4. The minimum absolute atomic E-state index is 0.0332. The van der Waals surface area contributed by atoms with Crippen LogP contribution in [0.15, 0.2) is 130 Å². The van der Waals surface area contributed by atoms with Crippen molar-refractivity contribution in [2.24, 2.45) is 0 Å². The predicted molar refractivity (Wildman–Crippen MR) is 152 cm³/mol. The number of carbonyl (C=O) groups excluding carboxylic acids is 1. The van der Waals surface area contributed by atoms with Crippen molar-refractivity contribution in [2.45, 2.75) is 0 Å². The maximum Gasteiger partial charge on any atom is 0.185 e. The van der Waals surface area contributed by atoms with Crippen LogP contribution >= 0.6 is 31.9 Å². The number of aromatic nitrogens is 1. The molecule has 0 bridgehead atoms. The third-order valence-electron chi connectivity index (χ3n) is 5.77. The Hall–Kier alpha value is -3.47. The molecule has 1 aromatic heterocycles. The van der Waals surface area contributed by atoms with Gasteiger partial charge in [-0.05, 0) is 77.9 Å². The zero-order chi connectivity index (χ0) is 24.2. The fraction of sp³-hybridized carbons (Fsp3) is 0. The lowest BCUT2D eigenvalue weighted by Crippen LogP contribution is -2.00. The minimum Gasteiger partial charge on any atom is -0.309 e. The number of hydrogen-bond acceptors (Lipinski definition) is 1. The molecule has 0 saturated heterocycles. The van der Waals surface area contributed by atoms with Gasteiger partial charge in [0, 0.05) is 25.8 Å². The Bertz CT molecular complexity index is 1480. The van der Waals surface area contributed by atoms with Crippen molar-refractivity contribution in [3.05, 3.63) is 141 Å². The number of benzene rings is 4. The Morgan fingerprint density at radius 1 is 0.657 bits per heavy atom. The van der Waals surface area contributed by atoms with Crippen LogP contribution in [0.3, 0.4) is 0 Å². The van der Waals surface area contributed by atoms with Crippen LogP contribution in [0.4, 0.5) is 0 Å². The molecule has 0 fully saturated rings. The highest BCUT2D eigenvalue weighted by molar-refractivity contribution is 9.10. The smallest absolute Gasteiger partial charge is 0.185 e. The van der Waals surface area contributed by atoms with Crippen molar-refractivity contribution < 1.29 is 4.79 Å². The normalized spacial score (nSPS) is 11.1. The molecular weight excluding hydrogens is 562 g/mol. The molecule has 0 unspecified atom stereocenters. The van der Waals surface area contributed by atoms with Gasteiger partial charge >= 0.3 is 0 Å². The van der Waals surface area contributed by atoms with E-state index >= 15 is 0 Å². The molecule has 5 rings (SSSR count). The van der Waals surface area contributed by atoms with E-state index in [1.165, 1.54) is 0 Å². The highest BCUT2D eigenvalue weighted by atomic mass is 79.9. The zero-order valence-electron chi connectivity index (χ0n) is 18.7. The van der Waals surface area contributed by atoms with Gasteiger partial charge in [0.2, 0.25) is 0 Å². The number of rotatable bonds is 6. The summed E-state index contributed by atoms with van der Waals surface area (Å²) < 4.78 is 4.24. The number of hydrogen-bond donors (Lipinski definition) is 0. The summed E-state index contributed by atoms with van der Waals surface area (Å²) in [6.45, 7) is 0. The van der Waals surface area contributed by atoms with Crippen LogP contribution in [0.5, 0.6) is 0 Å². The highest BCUT2D eigenvalue weighted by Gasteiger charge is 2.18. The fourth-order valence-corrected chi connectivity index (χ4v) is 4.63. The molecule has 0 radical (unpaired) electrons. The third-order valence-corrected chi connectivity index (χ3v) is 6.83. The summed E-state index contributed by atoms with van der Waals surface area (Å²) >= 11 is 6.99. The molecule has 0 N–H and O–H groups in total. The Kier molecular flexibility index (Phi) is 6.94. The van der Waals surface area contributed by atoms with Crippen molar-refractivity contribution in [1.29, 1.82) is 0 Å². The molecule has 170 valence electrons. The first-order valence-corrected chi connectivity index (χ1v) is 12.8. The molecule has 2 nitrogen and oxygen atoms in total. The van der Waals surface area contributed by atoms with E-state index in [-0.39, 0.29) is 5.78 Å². The van der Waals surface area contributed by atoms with Crippen molar-refractivity contribution in [2.75, 3.05) is 0 Å². The predicted octanol–water partition coefficient (Wildman–Crippen LogP) is 9.23. The molecule has 35 heavy (non-hydrogen) atoms. The second-order valence-corrected chi connectivity index (χ2v) is 9.91. The molecular formula is C31H21Br2NO. The summed E-state index contributed by atoms with van der Waals surface area (Å²) in [5, 5.41) is 0. The van der Waals surface area contributed by atoms with E-state index in [1.54, 1.807) is 6.08 Å². The molecule has 4 heteroatoms. The van der Waals surface area contributed by atoms with Gasteiger partial charge in [0.05, 0.1) is 11.4 Å². The Balaban J connectivity index is 1.71. The van der Waals surface area contributed by atoms with Gasteiger partial charge in [-0.3, -0.25) is 4.79 Å². The first-order valence-electron chi connectivity index (χ1n) is 11.2. The Morgan fingerprint density at radius 2 is 1.20 bits per heavy atom. The zero-order valence-corrected chi connectivity index (χ0v) is 21.9. The van der Waals surface area contributed by atoms with Crippen LogP contribution in [0, 0.1) is 0 Å². The van der Waals surface area contributed by atoms with Gasteiger partial charge in [-0.15, -0.1) is 0 Å². The van der Waals surface area contributed by atoms with Crippen molar-refractivity contribution in [3.8, 4) is 28.2 Å². The Labute approximate surface area is 221 Å². The van der Waals surface area contributed by atoms with Crippen LogP contribution in [-0.4, -0.2) is 10.4 Å². The minimum atomic E-state index is -0.0332. The fourth-order valence-electron chi connectivity index (χ4n) is 4.10. The van der Waals surface area contributed by atoms with Crippen LogP contribution in [0.2, 0.25) is 0 Å². The number of ketones is 1. The lowest BCUT2D eigenvalue weighted by molar-refractivity contribution is 0.104. The molecule has 0 aliphatic carbocycles. The maximum absolute atomic E-state index is 12.9. The lowest BCUT2D eigenvalue weighted by atomic mass is 10.1. The molecule has 0 aliphatic rings. The summed E-state index contributed by atoms with van der Waals surface area (Å²) in [6, 6.07) is 38.5. The Morgan fingerprint density at radius 3 is 1.80 bits per heavy atom. The quantitative estimate of drug-likeness (QED) is 0.144. The average Bonchev–Trinajstić information content (AvgIpc) is 3.28.